The first kappa shape index (κ1) is 9.52. The second-order valence-electron chi connectivity index (χ2n) is 3.30. The van der Waals surface area contributed by atoms with Crippen molar-refractivity contribution in [3.8, 4) is 0 Å². The molecule has 1 rings (SSSR count). The van der Waals surface area contributed by atoms with Gasteiger partial charge in [-0.2, -0.15) is 0 Å². The summed E-state index contributed by atoms with van der Waals surface area (Å²) < 4.78 is 5.18. The van der Waals surface area contributed by atoms with Gasteiger partial charge >= 0.3 is 5.97 Å². The van der Waals surface area contributed by atoms with Crippen LogP contribution >= 0.6 is 0 Å². The maximum absolute atomic E-state index is 11.3. The smallest absolute Gasteiger partial charge is 0.323 e. The van der Waals surface area contributed by atoms with Crippen molar-refractivity contribution < 1.29 is 9.53 Å². The number of carbonyl (C=O) groups is 1. The lowest BCUT2D eigenvalue weighted by molar-refractivity contribution is -0.150. The fourth-order valence-electron chi connectivity index (χ4n) is 1.25. The van der Waals surface area contributed by atoms with Crippen LogP contribution in [0.15, 0.2) is 0 Å². The molecule has 0 radical (unpaired) electrons. The summed E-state index contributed by atoms with van der Waals surface area (Å²) in [6, 6.07) is -0.0426. The predicted octanol–water partition coefficient (Wildman–Crippen LogP) is 1.08. The first-order valence-electron chi connectivity index (χ1n) is 4.68. The monoisotopic (exact) mass is 171 g/mol. The van der Waals surface area contributed by atoms with Gasteiger partial charge in [-0.05, 0) is 32.7 Å². The van der Waals surface area contributed by atoms with Crippen molar-refractivity contribution in [1.29, 1.82) is 0 Å². The van der Waals surface area contributed by atoms with Crippen LogP contribution in [0.5, 0.6) is 0 Å². The van der Waals surface area contributed by atoms with Crippen molar-refractivity contribution >= 4 is 5.97 Å². The Morgan fingerprint density at radius 1 is 1.75 bits per heavy atom. The van der Waals surface area contributed by atoms with Crippen LogP contribution in [0.25, 0.3) is 0 Å². The van der Waals surface area contributed by atoms with Crippen molar-refractivity contribution in [2.24, 2.45) is 0 Å². The molecule has 0 aromatic heterocycles. The molecule has 70 valence electrons. The van der Waals surface area contributed by atoms with Crippen LogP contribution in [0.3, 0.4) is 0 Å². The minimum atomic E-state index is -0.0816. The number of rotatable bonds is 3. The average Bonchev–Trinajstić information content (AvgIpc) is 2.56. The van der Waals surface area contributed by atoms with E-state index in [4.69, 9.17) is 4.74 Å². The maximum Gasteiger partial charge on any atom is 0.323 e. The molecule has 1 N–H and O–H groups in total. The Morgan fingerprint density at radius 3 is 3.00 bits per heavy atom. The zero-order valence-electron chi connectivity index (χ0n) is 7.80. The molecule has 3 heteroatoms. The van der Waals surface area contributed by atoms with Gasteiger partial charge in [0.25, 0.3) is 0 Å². The third-order valence-corrected chi connectivity index (χ3v) is 2.24. The van der Waals surface area contributed by atoms with Gasteiger partial charge in [-0.1, -0.05) is 6.92 Å². The molecule has 0 saturated carbocycles. The lowest BCUT2D eigenvalue weighted by Gasteiger charge is -2.14. The van der Waals surface area contributed by atoms with Crippen LogP contribution in [0.2, 0.25) is 0 Å². The van der Waals surface area contributed by atoms with Crippen LogP contribution in [-0.4, -0.2) is 24.7 Å². The predicted molar refractivity (Wildman–Crippen MR) is 46.9 cm³/mol. The Hall–Kier alpha value is -0.570. The summed E-state index contributed by atoms with van der Waals surface area (Å²) in [5.74, 6) is -0.0816. The minimum absolute atomic E-state index is 0.0426. The lowest BCUT2D eigenvalue weighted by Crippen LogP contribution is -2.34. The minimum Gasteiger partial charge on any atom is -0.462 e. The zero-order chi connectivity index (χ0) is 8.97. The SMILES string of the molecule is CC[C@H](C)OC(=O)[C@H]1CCCN1. The van der Waals surface area contributed by atoms with Gasteiger partial charge in [0.1, 0.15) is 6.04 Å². The molecule has 12 heavy (non-hydrogen) atoms. The second kappa shape index (κ2) is 4.45. The van der Waals surface area contributed by atoms with E-state index in [0.717, 1.165) is 25.8 Å². The largest absolute Gasteiger partial charge is 0.462 e. The molecule has 1 aliphatic heterocycles. The number of carbonyl (C=O) groups excluding carboxylic acids is 1. The molecule has 0 unspecified atom stereocenters. The Kier molecular flexibility index (Phi) is 3.53. The van der Waals surface area contributed by atoms with Gasteiger partial charge in [0.2, 0.25) is 0 Å². The van der Waals surface area contributed by atoms with E-state index >= 15 is 0 Å². The molecule has 3 nitrogen and oxygen atoms in total. The Bertz CT molecular complexity index is 153. The van der Waals surface area contributed by atoms with E-state index in [0.29, 0.717) is 0 Å². The molecule has 0 aliphatic carbocycles. The van der Waals surface area contributed by atoms with Crippen LogP contribution in [0, 0.1) is 0 Å². The van der Waals surface area contributed by atoms with Crippen molar-refractivity contribution in [1.82, 2.24) is 5.32 Å². The van der Waals surface area contributed by atoms with Gasteiger partial charge in [0.15, 0.2) is 0 Å². The number of esters is 1. The summed E-state index contributed by atoms with van der Waals surface area (Å²) in [6.07, 6.45) is 2.95. The normalized spacial score (nSPS) is 25.3. The number of hydrogen-bond acceptors (Lipinski definition) is 3. The summed E-state index contributed by atoms with van der Waals surface area (Å²) in [6.45, 7) is 4.88. The number of nitrogens with one attached hydrogen (secondary N) is 1. The molecule has 2 atom stereocenters. The number of ether oxygens (including phenoxy) is 1. The summed E-state index contributed by atoms with van der Waals surface area (Å²) >= 11 is 0. The summed E-state index contributed by atoms with van der Waals surface area (Å²) in [7, 11) is 0. The highest BCUT2D eigenvalue weighted by Crippen LogP contribution is 2.08. The van der Waals surface area contributed by atoms with E-state index in [9.17, 15) is 4.79 Å². The van der Waals surface area contributed by atoms with Crippen molar-refractivity contribution in [2.75, 3.05) is 6.54 Å². The average molecular weight is 171 g/mol. The van der Waals surface area contributed by atoms with Gasteiger partial charge in [-0.3, -0.25) is 4.79 Å². The fourth-order valence-corrected chi connectivity index (χ4v) is 1.25. The lowest BCUT2D eigenvalue weighted by atomic mass is 10.2. The molecule has 0 aromatic carbocycles. The fraction of sp³-hybridized carbons (Fsp3) is 0.889. The molecular formula is C9H17NO2. The molecule has 0 bridgehead atoms. The van der Waals surface area contributed by atoms with E-state index in [1.54, 1.807) is 0 Å². The summed E-state index contributed by atoms with van der Waals surface area (Å²) in [4.78, 5) is 11.3. The second-order valence-corrected chi connectivity index (χ2v) is 3.30. The molecule has 1 aliphatic rings. The zero-order valence-corrected chi connectivity index (χ0v) is 7.80. The molecule has 1 heterocycles. The standard InChI is InChI=1S/C9H17NO2/c1-3-7(2)12-9(11)8-5-4-6-10-8/h7-8,10H,3-6H2,1-2H3/t7-,8+/m0/s1. The van der Waals surface area contributed by atoms with E-state index in [1.807, 2.05) is 13.8 Å². The number of hydrogen-bond donors (Lipinski definition) is 1. The van der Waals surface area contributed by atoms with Crippen molar-refractivity contribution in [3.05, 3.63) is 0 Å². The van der Waals surface area contributed by atoms with Crippen LogP contribution in [0.1, 0.15) is 33.1 Å². The van der Waals surface area contributed by atoms with Crippen LogP contribution in [0.4, 0.5) is 0 Å². The third kappa shape index (κ3) is 2.48. The molecular weight excluding hydrogens is 154 g/mol. The van der Waals surface area contributed by atoms with E-state index in [1.165, 1.54) is 0 Å². The van der Waals surface area contributed by atoms with Gasteiger partial charge in [-0.25, -0.2) is 0 Å². The van der Waals surface area contributed by atoms with E-state index in [2.05, 4.69) is 5.32 Å². The topological polar surface area (TPSA) is 38.3 Å². The van der Waals surface area contributed by atoms with Gasteiger partial charge in [0, 0.05) is 0 Å². The maximum atomic E-state index is 11.3. The van der Waals surface area contributed by atoms with Gasteiger partial charge in [-0.15, -0.1) is 0 Å². The highest BCUT2D eigenvalue weighted by atomic mass is 16.5. The first-order valence-corrected chi connectivity index (χ1v) is 4.68. The molecule has 0 aromatic rings. The summed E-state index contributed by atoms with van der Waals surface area (Å²) in [5.41, 5.74) is 0. The van der Waals surface area contributed by atoms with Crippen LogP contribution < -0.4 is 5.32 Å². The van der Waals surface area contributed by atoms with Crippen molar-refractivity contribution in [2.45, 2.75) is 45.3 Å². The van der Waals surface area contributed by atoms with Gasteiger partial charge in [0.05, 0.1) is 6.10 Å². The summed E-state index contributed by atoms with van der Waals surface area (Å²) in [5, 5.41) is 3.11. The van der Waals surface area contributed by atoms with E-state index in [-0.39, 0.29) is 18.1 Å². The quantitative estimate of drug-likeness (QED) is 0.646. The molecule has 1 fully saturated rings. The Balaban J connectivity index is 2.27. The Morgan fingerprint density at radius 2 is 2.50 bits per heavy atom. The molecule has 0 spiro atoms. The molecule has 0 amide bonds. The van der Waals surface area contributed by atoms with Crippen molar-refractivity contribution in [3.63, 3.8) is 0 Å². The molecule has 1 saturated heterocycles. The van der Waals surface area contributed by atoms with Gasteiger partial charge < -0.3 is 10.1 Å². The third-order valence-electron chi connectivity index (χ3n) is 2.24. The highest BCUT2D eigenvalue weighted by molar-refractivity contribution is 5.76. The van der Waals surface area contributed by atoms with E-state index < -0.39 is 0 Å². The Labute approximate surface area is 73.5 Å². The highest BCUT2D eigenvalue weighted by Gasteiger charge is 2.24. The first-order chi connectivity index (χ1) is 5.74. The van der Waals surface area contributed by atoms with Crippen LogP contribution in [-0.2, 0) is 9.53 Å².